The molecule has 0 saturated heterocycles. The summed E-state index contributed by atoms with van der Waals surface area (Å²) in [5.41, 5.74) is 4.08. The highest BCUT2D eigenvalue weighted by Crippen LogP contribution is 2.30. The van der Waals surface area contributed by atoms with Crippen LogP contribution in [0.4, 0.5) is 0 Å². The Labute approximate surface area is 152 Å². The highest BCUT2D eigenvalue weighted by molar-refractivity contribution is 7.15. The molecule has 3 rings (SSSR count). The molecule has 0 fully saturated rings. The third-order valence-corrected chi connectivity index (χ3v) is 5.51. The van der Waals surface area contributed by atoms with E-state index in [1.165, 1.54) is 15.3 Å². The largest absolute Gasteiger partial charge is 0.326 e. The third kappa shape index (κ3) is 4.06. The van der Waals surface area contributed by atoms with E-state index in [4.69, 9.17) is 0 Å². The lowest BCUT2D eigenvalue weighted by atomic mass is 10.1. The fourth-order valence-electron chi connectivity index (χ4n) is 2.81. The van der Waals surface area contributed by atoms with Gasteiger partial charge in [0.2, 0.25) is 0 Å². The molecule has 0 amide bonds. The number of H-pyrrole nitrogens is 1. The van der Waals surface area contributed by atoms with Crippen molar-refractivity contribution in [1.82, 2.24) is 15.3 Å². The van der Waals surface area contributed by atoms with Gasteiger partial charge in [0.05, 0.1) is 0 Å². The fraction of sp³-hybridized carbons (Fsp3) is 0.300. The summed E-state index contributed by atoms with van der Waals surface area (Å²) in [6.45, 7) is 6.92. The Kier molecular flexibility index (Phi) is 5.46. The van der Waals surface area contributed by atoms with Crippen LogP contribution in [-0.2, 0) is 13.0 Å². The Morgan fingerprint density at radius 2 is 2.16 bits per heavy atom. The molecular weight excluding hydrogens is 330 g/mol. The van der Waals surface area contributed by atoms with E-state index in [1.807, 2.05) is 32.2 Å². The molecule has 1 unspecified atom stereocenters. The Balaban J connectivity index is 1.74. The highest BCUT2D eigenvalue weighted by Gasteiger charge is 2.10. The zero-order chi connectivity index (χ0) is 17.8. The van der Waals surface area contributed by atoms with Gasteiger partial charge in [0.15, 0.2) is 0 Å². The predicted octanol–water partition coefficient (Wildman–Crippen LogP) is 4.22. The maximum absolute atomic E-state index is 11.9. The number of aromatic amines is 1. The van der Waals surface area contributed by atoms with Crippen LogP contribution < -0.4 is 10.9 Å². The van der Waals surface area contributed by atoms with E-state index in [-0.39, 0.29) is 11.6 Å². The first-order valence-corrected chi connectivity index (χ1v) is 9.35. The number of thiophene rings is 1. The zero-order valence-corrected chi connectivity index (χ0v) is 15.6. The molecule has 0 spiro atoms. The third-order valence-electron chi connectivity index (χ3n) is 4.39. The van der Waals surface area contributed by atoms with Crippen LogP contribution in [0.25, 0.3) is 10.4 Å². The van der Waals surface area contributed by atoms with Crippen LogP contribution in [0.3, 0.4) is 0 Å². The van der Waals surface area contributed by atoms with Gasteiger partial charge in [-0.1, -0.05) is 13.0 Å². The molecule has 0 radical (unpaired) electrons. The number of aromatic nitrogens is 2. The van der Waals surface area contributed by atoms with Gasteiger partial charge in [-0.15, -0.1) is 11.3 Å². The van der Waals surface area contributed by atoms with Gasteiger partial charge in [-0.2, -0.15) is 0 Å². The summed E-state index contributed by atoms with van der Waals surface area (Å²) in [6.07, 6.45) is 4.43. The van der Waals surface area contributed by atoms with Crippen LogP contribution in [-0.4, -0.2) is 9.97 Å². The quantitative estimate of drug-likeness (QED) is 0.697. The minimum atomic E-state index is 0.0208. The topological polar surface area (TPSA) is 57.8 Å². The van der Waals surface area contributed by atoms with Crippen molar-refractivity contribution in [2.75, 3.05) is 0 Å². The number of aryl methyl sites for hydroxylation is 2. The van der Waals surface area contributed by atoms with Crippen LogP contribution in [0.2, 0.25) is 0 Å². The normalized spacial score (nSPS) is 12.3. The van der Waals surface area contributed by atoms with Gasteiger partial charge in [0, 0.05) is 51.6 Å². The van der Waals surface area contributed by atoms with E-state index in [9.17, 15) is 4.79 Å². The molecule has 0 bridgehead atoms. The first-order chi connectivity index (χ1) is 12.1. The van der Waals surface area contributed by atoms with E-state index >= 15 is 0 Å². The Morgan fingerprint density at radius 1 is 1.32 bits per heavy atom. The van der Waals surface area contributed by atoms with Gasteiger partial charge >= 0.3 is 0 Å². The Hall–Kier alpha value is -2.24. The molecule has 5 heteroatoms. The first-order valence-electron chi connectivity index (χ1n) is 8.53. The molecule has 25 heavy (non-hydrogen) atoms. The van der Waals surface area contributed by atoms with Crippen LogP contribution in [0.15, 0.2) is 47.5 Å². The minimum Gasteiger partial charge on any atom is -0.326 e. The summed E-state index contributed by atoms with van der Waals surface area (Å²) in [7, 11) is 0. The van der Waals surface area contributed by atoms with Crippen molar-refractivity contribution in [3.63, 3.8) is 0 Å². The molecule has 2 N–H and O–H groups in total. The van der Waals surface area contributed by atoms with E-state index in [2.05, 4.69) is 40.4 Å². The van der Waals surface area contributed by atoms with Gasteiger partial charge in [-0.05, 0) is 50.1 Å². The van der Waals surface area contributed by atoms with E-state index in [1.54, 1.807) is 17.5 Å². The SMILES string of the molecule is CCc1cc(-c2ccc(CNC(C)c3cccnc3)s2)c(C)[nH]c1=O. The number of nitrogens with one attached hydrogen (secondary N) is 2. The van der Waals surface area contributed by atoms with E-state index in [0.29, 0.717) is 0 Å². The monoisotopic (exact) mass is 353 g/mol. The van der Waals surface area contributed by atoms with Crippen LogP contribution in [0.1, 0.15) is 41.6 Å². The Bertz CT molecular complexity index is 899. The van der Waals surface area contributed by atoms with Crippen LogP contribution in [0.5, 0.6) is 0 Å². The molecule has 1 atom stereocenters. The first kappa shape index (κ1) is 17.6. The summed E-state index contributed by atoms with van der Waals surface area (Å²) in [5.74, 6) is 0. The molecule has 0 saturated carbocycles. The maximum Gasteiger partial charge on any atom is 0.251 e. The molecule has 130 valence electrons. The maximum atomic E-state index is 11.9. The van der Waals surface area contributed by atoms with Crippen molar-refractivity contribution in [3.8, 4) is 10.4 Å². The Morgan fingerprint density at radius 3 is 2.88 bits per heavy atom. The molecule has 0 aliphatic heterocycles. The van der Waals surface area contributed by atoms with Crippen LogP contribution in [0, 0.1) is 6.92 Å². The molecular formula is C20H23N3OS. The second kappa shape index (κ2) is 7.76. The van der Waals surface area contributed by atoms with Gasteiger partial charge in [0.25, 0.3) is 5.56 Å². The smallest absolute Gasteiger partial charge is 0.251 e. The molecule has 4 nitrogen and oxygen atoms in total. The number of nitrogens with zero attached hydrogens (tertiary/aromatic N) is 1. The molecule has 3 aromatic heterocycles. The predicted molar refractivity (Wildman–Crippen MR) is 104 cm³/mol. The second-order valence-corrected chi connectivity index (χ2v) is 7.34. The number of pyridine rings is 2. The standard InChI is InChI=1S/C20H23N3OS/c1-4-15-10-18(14(3)23-20(15)24)19-8-7-17(25-19)12-22-13(2)16-6-5-9-21-11-16/h5-11,13,22H,4,12H2,1-3H3,(H,23,24). The molecule has 0 aliphatic rings. The van der Waals surface area contributed by atoms with Gasteiger partial charge in [-0.25, -0.2) is 0 Å². The van der Waals surface area contributed by atoms with Gasteiger partial charge < -0.3 is 10.3 Å². The van der Waals surface area contributed by atoms with Crippen molar-refractivity contribution in [3.05, 3.63) is 74.8 Å². The lowest BCUT2D eigenvalue weighted by molar-refractivity contribution is 0.577. The van der Waals surface area contributed by atoms with Gasteiger partial charge in [-0.3, -0.25) is 9.78 Å². The van der Waals surface area contributed by atoms with E-state index in [0.717, 1.165) is 29.8 Å². The van der Waals surface area contributed by atoms with Crippen molar-refractivity contribution in [2.24, 2.45) is 0 Å². The second-order valence-electron chi connectivity index (χ2n) is 6.17. The molecule has 3 aromatic rings. The summed E-state index contributed by atoms with van der Waals surface area (Å²) < 4.78 is 0. The fourth-order valence-corrected chi connectivity index (χ4v) is 3.84. The molecule has 0 aliphatic carbocycles. The van der Waals surface area contributed by atoms with Gasteiger partial charge in [0.1, 0.15) is 0 Å². The number of hydrogen-bond acceptors (Lipinski definition) is 4. The lowest BCUT2D eigenvalue weighted by Crippen LogP contribution is -2.17. The minimum absolute atomic E-state index is 0.0208. The highest BCUT2D eigenvalue weighted by atomic mass is 32.1. The van der Waals surface area contributed by atoms with Crippen molar-refractivity contribution in [1.29, 1.82) is 0 Å². The summed E-state index contributed by atoms with van der Waals surface area (Å²) in [4.78, 5) is 21.5. The summed E-state index contributed by atoms with van der Waals surface area (Å²) in [5, 5.41) is 3.54. The summed E-state index contributed by atoms with van der Waals surface area (Å²) >= 11 is 1.76. The van der Waals surface area contributed by atoms with Crippen molar-refractivity contribution < 1.29 is 0 Å². The zero-order valence-electron chi connectivity index (χ0n) is 14.8. The molecule has 3 heterocycles. The van der Waals surface area contributed by atoms with Crippen molar-refractivity contribution >= 4 is 11.3 Å². The number of rotatable bonds is 6. The van der Waals surface area contributed by atoms with Crippen molar-refractivity contribution in [2.45, 2.75) is 39.8 Å². The number of hydrogen-bond donors (Lipinski definition) is 2. The lowest BCUT2D eigenvalue weighted by Gasteiger charge is -2.12. The van der Waals surface area contributed by atoms with E-state index < -0.39 is 0 Å². The van der Waals surface area contributed by atoms with Crippen LogP contribution >= 0.6 is 11.3 Å². The average molecular weight is 353 g/mol. The summed E-state index contributed by atoms with van der Waals surface area (Å²) in [6, 6.07) is 10.6. The molecule has 0 aromatic carbocycles. The average Bonchev–Trinajstić information content (AvgIpc) is 3.09.